The fourth-order valence-corrected chi connectivity index (χ4v) is 4.56. The van der Waals surface area contributed by atoms with E-state index >= 15 is 0 Å². The molecule has 0 aromatic heterocycles. The second-order valence-electron chi connectivity index (χ2n) is 7.51. The maximum absolute atomic E-state index is 12.4. The Morgan fingerprint density at radius 2 is 1.82 bits per heavy atom. The number of aliphatic carboxylic acids is 1. The minimum absolute atomic E-state index is 0.0115. The molecule has 3 atom stereocenters. The van der Waals surface area contributed by atoms with Crippen LogP contribution in [-0.4, -0.2) is 11.1 Å². The highest BCUT2D eigenvalue weighted by Gasteiger charge is 2.78. The van der Waals surface area contributed by atoms with Crippen LogP contribution in [0.1, 0.15) is 25.3 Å². The van der Waals surface area contributed by atoms with E-state index in [9.17, 15) is 15.2 Å². The van der Waals surface area contributed by atoms with Gasteiger partial charge in [-0.2, -0.15) is 5.26 Å². The van der Waals surface area contributed by atoms with Crippen LogP contribution in [0.25, 0.3) is 0 Å². The van der Waals surface area contributed by atoms with Gasteiger partial charge in [0.2, 0.25) is 0 Å². The number of benzene rings is 2. The predicted octanol–water partition coefficient (Wildman–Crippen LogP) is 6.08. The average molecular weight is 415 g/mol. The summed E-state index contributed by atoms with van der Waals surface area (Å²) in [7, 11) is 0. The fraction of sp³-hybridized carbons (Fsp3) is 0.273. The zero-order valence-corrected chi connectivity index (χ0v) is 17.0. The molecule has 1 aliphatic rings. The van der Waals surface area contributed by atoms with Crippen LogP contribution in [-0.2, 0) is 4.79 Å². The third kappa shape index (κ3) is 3.26. The van der Waals surface area contributed by atoms with Gasteiger partial charge < -0.3 is 10.4 Å². The van der Waals surface area contributed by atoms with Crippen LogP contribution in [0.5, 0.6) is 0 Å². The van der Waals surface area contributed by atoms with Crippen molar-refractivity contribution in [3.8, 4) is 6.07 Å². The number of nitrogens with zero attached hydrogens (tertiary/aromatic N) is 1. The Morgan fingerprint density at radius 1 is 1.18 bits per heavy atom. The summed E-state index contributed by atoms with van der Waals surface area (Å²) < 4.78 is 0.0115. The maximum atomic E-state index is 12.4. The molecule has 144 valence electrons. The molecule has 2 aromatic carbocycles. The highest BCUT2D eigenvalue weighted by molar-refractivity contribution is 6.55. The minimum atomic E-state index is -1.30. The number of hydrogen-bond acceptors (Lipinski definition) is 3. The lowest BCUT2D eigenvalue weighted by molar-refractivity contribution is -0.145. The van der Waals surface area contributed by atoms with Crippen molar-refractivity contribution in [1.29, 1.82) is 5.26 Å². The van der Waals surface area contributed by atoms with Crippen LogP contribution in [0.4, 0.5) is 11.4 Å². The number of carbonyl (C=O) groups is 1. The van der Waals surface area contributed by atoms with Gasteiger partial charge >= 0.3 is 5.97 Å². The zero-order chi connectivity index (χ0) is 20.5. The highest BCUT2D eigenvalue weighted by Crippen LogP contribution is 2.75. The van der Waals surface area contributed by atoms with E-state index in [0.717, 1.165) is 11.4 Å². The Labute approximate surface area is 174 Å². The van der Waals surface area contributed by atoms with Crippen molar-refractivity contribution in [2.24, 2.45) is 16.7 Å². The van der Waals surface area contributed by atoms with E-state index < -0.39 is 28.6 Å². The Bertz CT molecular complexity index is 962. The fourth-order valence-electron chi connectivity index (χ4n) is 4.31. The van der Waals surface area contributed by atoms with Crippen molar-refractivity contribution >= 4 is 40.5 Å². The van der Waals surface area contributed by atoms with Crippen LogP contribution in [0.15, 0.2) is 65.2 Å². The van der Waals surface area contributed by atoms with Crippen LogP contribution >= 0.6 is 23.2 Å². The van der Waals surface area contributed by atoms with Crippen LogP contribution in [0.2, 0.25) is 0 Å². The number of rotatable bonds is 6. The van der Waals surface area contributed by atoms with Gasteiger partial charge in [-0.25, -0.2) is 0 Å². The summed E-state index contributed by atoms with van der Waals surface area (Å²) in [6.07, 6.45) is 1.54. The molecule has 0 amide bonds. The standard InChI is InChI=1S/C22H20Cl2N2O2/c1-21(2)18(12-19(23)24)22(21,20(27)28)17(13-25)14-7-6-10-16(11-14)26-15-8-4-3-5-9-15/h3-12,17-18,26H,1-2H3,(H,27,28)/t17?,18-,22+/m0/s1. The second-order valence-corrected chi connectivity index (χ2v) is 8.52. The van der Waals surface area contributed by atoms with Crippen molar-refractivity contribution in [3.05, 3.63) is 70.7 Å². The van der Waals surface area contributed by atoms with Gasteiger partial charge in [-0.1, -0.05) is 67.4 Å². The lowest BCUT2D eigenvalue weighted by Crippen LogP contribution is -2.28. The Balaban J connectivity index is 2.01. The summed E-state index contributed by atoms with van der Waals surface area (Å²) >= 11 is 11.6. The van der Waals surface area contributed by atoms with E-state index in [4.69, 9.17) is 23.2 Å². The largest absolute Gasteiger partial charge is 0.481 e. The molecule has 0 aliphatic heterocycles. The Morgan fingerprint density at radius 3 is 2.39 bits per heavy atom. The number of anilines is 2. The topological polar surface area (TPSA) is 73.1 Å². The molecule has 3 rings (SSSR count). The van der Waals surface area contributed by atoms with E-state index in [0.29, 0.717) is 5.56 Å². The molecule has 0 saturated heterocycles. The first-order valence-corrected chi connectivity index (χ1v) is 9.58. The first-order chi connectivity index (χ1) is 13.2. The summed E-state index contributed by atoms with van der Waals surface area (Å²) in [6.45, 7) is 3.66. The number of nitrogens with one attached hydrogen (secondary N) is 1. The van der Waals surface area contributed by atoms with Gasteiger partial charge in [0.25, 0.3) is 0 Å². The molecule has 2 N–H and O–H groups in total. The summed E-state index contributed by atoms with van der Waals surface area (Å²) in [5, 5.41) is 23.3. The van der Waals surface area contributed by atoms with Gasteiger partial charge in [0.1, 0.15) is 9.91 Å². The number of carboxylic acid groups (broad SMARTS) is 1. The molecule has 0 spiro atoms. The zero-order valence-electron chi connectivity index (χ0n) is 15.5. The Kier molecular flexibility index (Phi) is 5.43. The molecule has 28 heavy (non-hydrogen) atoms. The molecular weight excluding hydrogens is 395 g/mol. The SMILES string of the molecule is CC1(C)[C@H](C=C(Cl)Cl)[C@@]1(C(=O)O)C(C#N)c1cccc(Nc2ccccc2)c1. The average Bonchev–Trinajstić information content (AvgIpc) is 3.12. The number of halogens is 2. The summed E-state index contributed by atoms with van der Waals surface area (Å²) in [6, 6.07) is 19.2. The van der Waals surface area contributed by atoms with E-state index in [1.807, 2.05) is 62.4 Å². The number of allylic oxidation sites excluding steroid dienone is 1. The molecule has 0 bridgehead atoms. The number of para-hydroxylation sites is 1. The highest BCUT2D eigenvalue weighted by atomic mass is 35.5. The van der Waals surface area contributed by atoms with Gasteiger partial charge in [-0.3, -0.25) is 4.79 Å². The molecular formula is C22H20Cl2N2O2. The van der Waals surface area contributed by atoms with Gasteiger partial charge in [-0.15, -0.1) is 0 Å². The molecule has 0 radical (unpaired) electrons. The van der Waals surface area contributed by atoms with Gasteiger partial charge in [0.05, 0.1) is 12.0 Å². The van der Waals surface area contributed by atoms with E-state index in [1.165, 1.54) is 6.08 Å². The van der Waals surface area contributed by atoms with Crippen molar-refractivity contribution in [1.82, 2.24) is 0 Å². The van der Waals surface area contributed by atoms with Gasteiger partial charge in [0.15, 0.2) is 0 Å². The maximum Gasteiger partial charge on any atom is 0.312 e. The molecule has 6 heteroatoms. The lowest BCUT2D eigenvalue weighted by atomic mass is 9.78. The van der Waals surface area contributed by atoms with Crippen LogP contribution in [0.3, 0.4) is 0 Å². The van der Waals surface area contributed by atoms with E-state index in [-0.39, 0.29) is 4.49 Å². The first-order valence-electron chi connectivity index (χ1n) is 8.83. The smallest absolute Gasteiger partial charge is 0.312 e. The van der Waals surface area contributed by atoms with Gasteiger partial charge in [-0.05, 0) is 41.3 Å². The minimum Gasteiger partial charge on any atom is -0.481 e. The third-order valence-electron chi connectivity index (χ3n) is 5.76. The molecule has 2 aromatic rings. The molecule has 1 fully saturated rings. The van der Waals surface area contributed by atoms with Crippen LogP contribution < -0.4 is 5.32 Å². The lowest BCUT2D eigenvalue weighted by Gasteiger charge is -2.22. The molecule has 0 heterocycles. The quantitative estimate of drug-likeness (QED) is 0.599. The van der Waals surface area contributed by atoms with E-state index in [1.54, 1.807) is 6.07 Å². The molecule has 1 saturated carbocycles. The third-order valence-corrected chi connectivity index (χ3v) is 6.02. The summed E-state index contributed by atoms with van der Waals surface area (Å²) in [4.78, 5) is 12.4. The summed E-state index contributed by atoms with van der Waals surface area (Å²) in [5.41, 5.74) is 0.354. The van der Waals surface area contributed by atoms with E-state index in [2.05, 4.69) is 11.4 Å². The number of carboxylic acids is 1. The normalized spacial score (nSPS) is 23.2. The number of hydrogen-bond donors (Lipinski definition) is 2. The Hall–Kier alpha value is -2.48. The van der Waals surface area contributed by atoms with Crippen molar-refractivity contribution in [3.63, 3.8) is 0 Å². The van der Waals surface area contributed by atoms with Crippen LogP contribution in [0, 0.1) is 28.1 Å². The summed E-state index contributed by atoms with van der Waals surface area (Å²) in [5.74, 6) is -2.33. The molecule has 1 aliphatic carbocycles. The monoisotopic (exact) mass is 414 g/mol. The molecule has 4 nitrogen and oxygen atoms in total. The first kappa shape index (κ1) is 20.3. The van der Waals surface area contributed by atoms with Crippen molar-refractivity contribution in [2.45, 2.75) is 19.8 Å². The molecule has 1 unspecified atom stereocenters. The van der Waals surface area contributed by atoms with Gasteiger partial charge in [0, 0.05) is 17.3 Å². The predicted molar refractivity (Wildman–Crippen MR) is 112 cm³/mol. The van der Waals surface area contributed by atoms with Crippen molar-refractivity contribution < 1.29 is 9.90 Å². The van der Waals surface area contributed by atoms with Crippen molar-refractivity contribution in [2.75, 3.05) is 5.32 Å². The number of nitriles is 1. The second kappa shape index (κ2) is 7.50.